The van der Waals surface area contributed by atoms with E-state index in [1.54, 1.807) is 6.20 Å². The fraction of sp³-hybridized carbons (Fsp3) is 0.292. The van der Waals surface area contributed by atoms with Gasteiger partial charge in [0.15, 0.2) is 5.11 Å². The van der Waals surface area contributed by atoms with Crippen LogP contribution in [0.2, 0.25) is 5.02 Å². The molecule has 1 fully saturated rings. The van der Waals surface area contributed by atoms with Gasteiger partial charge in [-0.25, -0.2) is 0 Å². The third-order valence-corrected chi connectivity index (χ3v) is 6.45. The average molecular weight is 468 g/mol. The minimum absolute atomic E-state index is 0.0783. The number of thiocarbonyl (C=S) groups is 1. The highest BCUT2D eigenvalue weighted by atomic mass is 35.5. The smallest absolute Gasteiger partial charge is 0.226 e. The Morgan fingerprint density at radius 3 is 2.59 bits per heavy atom. The Kier molecular flexibility index (Phi) is 6.22. The largest absolute Gasteiger partial charge is 0.351 e. The van der Waals surface area contributed by atoms with Gasteiger partial charge < -0.3 is 20.1 Å². The number of benzene rings is 1. The van der Waals surface area contributed by atoms with Gasteiger partial charge in [0.1, 0.15) is 6.04 Å². The Morgan fingerprint density at radius 2 is 2.00 bits per heavy atom. The number of rotatable bonds is 5. The second-order valence-electron chi connectivity index (χ2n) is 8.26. The number of hydrogen-bond donors (Lipinski definition) is 2. The second kappa shape index (κ2) is 8.92. The van der Waals surface area contributed by atoms with E-state index in [-0.39, 0.29) is 23.9 Å². The van der Waals surface area contributed by atoms with Gasteiger partial charge in [0, 0.05) is 36.2 Å². The number of amides is 1. The number of carbonyl (C=O) groups is 1. The van der Waals surface area contributed by atoms with Crippen LogP contribution in [-0.4, -0.2) is 20.6 Å². The third-order valence-electron chi connectivity index (χ3n) is 5.83. The lowest BCUT2D eigenvalue weighted by molar-refractivity contribution is -0.118. The molecular weight excluding hydrogens is 442 g/mol. The van der Waals surface area contributed by atoms with Crippen molar-refractivity contribution in [3.8, 4) is 0 Å². The normalized spacial score (nSPS) is 18.2. The molecule has 8 heteroatoms. The molecule has 1 aromatic carbocycles. The van der Waals surface area contributed by atoms with Gasteiger partial charge in [0.2, 0.25) is 5.91 Å². The van der Waals surface area contributed by atoms with E-state index in [9.17, 15) is 4.79 Å². The first kappa shape index (κ1) is 22.3. The predicted octanol–water partition coefficient (Wildman–Crippen LogP) is 5.15. The van der Waals surface area contributed by atoms with Crippen molar-refractivity contribution < 1.29 is 4.79 Å². The molecule has 1 amide bonds. The Bertz CT molecular complexity index is 1160. The predicted molar refractivity (Wildman–Crippen MR) is 133 cm³/mol. The maximum absolute atomic E-state index is 12.1. The van der Waals surface area contributed by atoms with Crippen molar-refractivity contribution in [3.63, 3.8) is 0 Å². The monoisotopic (exact) mass is 467 g/mol. The quantitative estimate of drug-likeness (QED) is 0.508. The lowest BCUT2D eigenvalue weighted by Crippen LogP contribution is -2.30. The third kappa shape index (κ3) is 4.10. The zero-order valence-electron chi connectivity index (χ0n) is 18.5. The number of nitrogens with zero attached hydrogens (tertiary/aromatic N) is 3. The maximum atomic E-state index is 12.1. The van der Waals surface area contributed by atoms with Crippen molar-refractivity contribution in [3.05, 3.63) is 76.8 Å². The van der Waals surface area contributed by atoms with Crippen LogP contribution in [0.25, 0.3) is 0 Å². The van der Waals surface area contributed by atoms with Crippen LogP contribution in [-0.2, 0) is 11.8 Å². The van der Waals surface area contributed by atoms with Crippen molar-refractivity contribution in [2.45, 2.75) is 32.9 Å². The van der Waals surface area contributed by atoms with Gasteiger partial charge in [-0.1, -0.05) is 31.5 Å². The fourth-order valence-corrected chi connectivity index (χ4v) is 4.46. The fourth-order valence-electron chi connectivity index (χ4n) is 3.90. The lowest BCUT2D eigenvalue weighted by atomic mass is 10.0. The van der Waals surface area contributed by atoms with Crippen molar-refractivity contribution >= 4 is 46.2 Å². The van der Waals surface area contributed by atoms with E-state index < -0.39 is 0 Å². The molecule has 0 spiro atoms. The summed E-state index contributed by atoms with van der Waals surface area (Å²) in [6.45, 7) is 5.76. The molecule has 0 bridgehead atoms. The van der Waals surface area contributed by atoms with Crippen LogP contribution in [0.3, 0.4) is 0 Å². The highest BCUT2D eigenvalue weighted by Gasteiger charge is 2.42. The molecule has 1 saturated heterocycles. The minimum atomic E-state index is -0.134. The molecule has 1 aliphatic heterocycles. The summed E-state index contributed by atoms with van der Waals surface area (Å²) in [6, 6.07) is 15.4. The first-order valence-corrected chi connectivity index (χ1v) is 11.3. The SMILES string of the molecule is Cc1ccc([C@@H]2[C@@H](c3ccccn3)NC(=S)N2c2ccc(NC(=O)C(C)C)c(Cl)c2)n1C. The summed E-state index contributed by atoms with van der Waals surface area (Å²) >= 11 is 12.3. The number of carbonyl (C=O) groups excluding carboxylic acids is 1. The first-order chi connectivity index (χ1) is 15.3. The summed E-state index contributed by atoms with van der Waals surface area (Å²) in [4.78, 5) is 18.8. The van der Waals surface area contributed by atoms with Crippen molar-refractivity contribution in [2.75, 3.05) is 10.2 Å². The highest BCUT2D eigenvalue weighted by molar-refractivity contribution is 7.80. The van der Waals surface area contributed by atoms with E-state index in [2.05, 4.69) is 51.2 Å². The molecule has 0 radical (unpaired) electrons. The molecule has 3 heterocycles. The van der Waals surface area contributed by atoms with Crippen LogP contribution in [0.15, 0.2) is 54.7 Å². The van der Waals surface area contributed by atoms with E-state index in [0.717, 1.165) is 22.8 Å². The molecule has 0 saturated carbocycles. The molecule has 6 nitrogen and oxygen atoms in total. The Morgan fingerprint density at radius 1 is 1.22 bits per heavy atom. The number of hydrogen-bond acceptors (Lipinski definition) is 3. The molecule has 2 N–H and O–H groups in total. The molecule has 0 unspecified atom stereocenters. The first-order valence-electron chi connectivity index (χ1n) is 10.5. The molecular formula is C24H26ClN5OS. The van der Waals surface area contributed by atoms with E-state index in [1.807, 2.05) is 50.2 Å². The van der Waals surface area contributed by atoms with Crippen LogP contribution >= 0.6 is 23.8 Å². The summed E-state index contributed by atoms with van der Waals surface area (Å²) in [5.41, 5.74) is 4.60. The standard InChI is InChI=1S/C24H26ClN5OS/c1-14(2)23(31)27-18-10-9-16(13-17(18)25)30-22(20-11-8-15(3)29(20)4)21(28-24(30)32)19-7-5-6-12-26-19/h5-14,21-22H,1-4H3,(H,27,31)(H,28,32)/t21-,22-/m1/s1. The Balaban J connectivity index is 1.76. The van der Waals surface area contributed by atoms with Crippen LogP contribution in [0, 0.1) is 12.8 Å². The number of aryl methyl sites for hydroxylation is 1. The van der Waals surface area contributed by atoms with Crippen molar-refractivity contribution in [1.29, 1.82) is 0 Å². The zero-order valence-corrected chi connectivity index (χ0v) is 20.0. The topological polar surface area (TPSA) is 62.2 Å². The summed E-state index contributed by atoms with van der Waals surface area (Å²) in [5.74, 6) is -0.212. The van der Waals surface area contributed by atoms with Crippen molar-refractivity contribution in [2.24, 2.45) is 13.0 Å². The summed E-state index contributed by atoms with van der Waals surface area (Å²) in [5, 5.41) is 7.39. The van der Waals surface area contributed by atoms with E-state index in [0.29, 0.717) is 15.8 Å². The van der Waals surface area contributed by atoms with Gasteiger partial charge in [-0.05, 0) is 61.6 Å². The maximum Gasteiger partial charge on any atom is 0.226 e. The average Bonchev–Trinajstić information content (AvgIpc) is 3.28. The molecule has 4 rings (SSSR count). The van der Waals surface area contributed by atoms with Crippen molar-refractivity contribution in [1.82, 2.24) is 14.9 Å². The molecule has 0 aliphatic carbocycles. The molecule has 3 aromatic rings. The van der Waals surface area contributed by atoms with Gasteiger partial charge in [-0.2, -0.15) is 0 Å². The highest BCUT2D eigenvalue weighted by Crippen LogP contribution is 2.43. The molecule has 166 valence electrons. The number of aromatic nitrogens is 2. The van der Waals surface area contributed by atoms with Crippen LogP contribution in [0.5, 0.6) is 0 Å². The number of nitrogens with one attached hydrogen (secondary N) is 2. The second-order valence-corrected chi connectivity index (χ2v) is 9.06. The molecule has 1 aliphatic rings. The van der Waals surface area contributed by atoms with Gasteiger partial charge in [-0.3, -0.25) is 9.78 Å². The molecule has 2 atom stereocenters. The van der Waals surface area contributed by atoms with Gasteiger partial charge in [0.25, 0.3) is 0 Å². The van der Waals surface area contributed by atoms with E-state index in [1.165, 1.54) is 0 Å². The number of halogens is 1. The number of pyridine rings is 1. The number of anilines is 2. The lowest BCUT2D eigenvalue weighted by Gasteiger charge is -2.29. The van der Waals surface area contributed by atoms with Gasteiger partial charge in [-0.15, -0.1) is 0 Å². The molecule has 32 heavy (non-hydrogen) atoms. The van der Waals surface area contributed by atoms with Crippen LogP contribution < -0.4 is 15.5 Å². The summed E-state index contributed by atoms with van der Waals surface area (Å²) in [7, 11) is 2.05. The summed E-state index contributed by atoms with van der Waals surface area (Å²) < 4.78 is 2.17. The summed E-state index contributed by atoms with van der Waals surface area (Å²) in [6.07, 6.45) is 1.79. The van der Waals surface area contributed by atoms with Gasteiger partial charge in [0.05, 0.1) is 22.4 Å². The van der Waals surface area contributed by atoms with E-state index in [4.69, 9.17) is 23.8 Å². The Labute approximate surface area is 198 Å². The Hall–Kier alpha value is -2.90. The zero-order chi connectivity index (χ0) is 23.0. The molecule has 2 aromatic heterocycles. The van der Waals surface area contributed by atoms with E-state index >= 15 is 0 Å². The van der Waals surface area contributed by atoms with Crippen LogP contribution in [0.1, 0.15) is 43.0 Å². The van der Waals surface area contributed by atoms with Crippen LogP contribution in [0.4, 0.5) is 11.4 Å². The van der Waals surface area contributed by atoms with Gasteiger partial charge >= 0.3 is 0 Å². The minimum Gasteiger partial charge on any atom is -0.351 e.